The lowest BCUT2D eigenvalue weighted by molar-refractivity contribution is -0.0905. The topological polar surface area (TPSA) is 55.8 Å². The summed E-state index contributed by atoms with van der Waals surface area (Å²) in [5, 5.41) is 18.0. The summed E-state index contributed by atoms with van der Waals surface area (Å²) in [6.07, 6.45) is 0. The second-order valence-corrected chi connectivity index (χ2v) is 1.61. The van der Waals surface area contributed by atoms with Crippen LogP contribution in [0.25, 0.3) is 0 Å². The molecule has 0 bridgehead atoms. The molecule has 0 radical (unpaired) electrons. The largest absolute Gasteiger partial charge is 0.762 e. The fourth-order valence-corrected chi connectivity index (χ4v) is 0.305. The molecular formula is C4H10NO3-. The van der Waals surface area contributed by atoms with Crippen molar-refractivity contribution in [2.24, 2.45) is 0 Å². The van der Waals surface area contributed by atoms with Crippen molar-refractivity contribution in [1.82, 2.24) is 5.23 Å². The average molecular weight is 120 g/mol. The van der Waals surface area contributed by atoms with Crippen LogP contribution in [-0.4, -0.2) is 30.2 Å². The van der Waals surface area contributed by atoms with E-state index in [9.17, 15) is 5.21 Å². The van der Waals surface area contributed by atoms with Gasteiger partial charge in [0.05, 0.1) is 6.61 Å². The van der Waals surface area contributed by atoms with E-state index in [1.807, 2.05) is 0 Å². The molecule has 1 N–H and O–H groups in total. The van der Waals surface area contributed by atoms with E-state index in [1.54, 1.807) is 6.92 Å². The van der Waals surface area contributed by atoms with Crippen LogP contribution in [0, 0.1) is 5.21 Å². The molecule has 4 nitrogen and oxygen atoms in total. The summed E-state index contributed by atoms with van der Waals surface area (Å²) >= 11 is 0. The van der Waals surface area contributed by atoms with E-state index >= 15 is 0 Å². The van der Waals surface area contributed by atoms with E-state index < -0.39 is 6.04 Å². The Hall–Kier alpha value is -0.160. The van der Waals surface area contributed by atoms with Gasteiger partial charge in [-0.15, -0.1) is 0 Å². The zero-order chi connectivity index (χ0) is 6.57. The van der Waals surface area contributed by atoms with Crippen molar-refractivity contribution in [2.75, 3.05) is 13.7 Å². The number of nitrogens with zero attached hydrogens (tertiary/aromatic N) is 1. The van der Waals surface area contributed by atoms with E-state index in [0.717, 1.165) is 0 Å². The molecule has 0 rings (SSSR count). The summed E-state index contributed by atoms with van der Waals surface area (Å²) < 4.78 is 4.56. The Bertz CT molecular complexity index is 57.2. The quantitative estimate of drug-likeness (QED) is 0.541. The van der Waals surface area contributed by atoms with Crippen molar-refractivity contribution in [3.63, 3.8) is 0 Å². The Labute approximate surface area is 48.2 Å². The lowest BCUT2D eigenvalue weighted by Gasteiger charge is -2.26. The van der Waals surface area contributed by atoms with Gasteiger partial charge in [0.25, 0.3) is 0 Å². The van der Waals surface area contributed by atoms with Gasteiger partial charge in [0, 0.05) is 13.2 Å². The van der Waals surface area contributed by atoms with E-state index in [4.69, 9.17) is 5.21 Å². The third-order valence-corrected chi connectivity index (χ3v) is 0.785. The summed E-state index contributed by atoms with van der Waals surface area (Å²) in [6.45, 7) is 1.82. The maximum absolute atomic E-state index is 9.93. The molecule has 0 saturated heterocycles. The lowest BCUT2D eigenvalue weighted by Crippen LogP contribution is -2.27. The first-order valence-electron chi connectivity index (χ1n) is 2.32. The lowest BCUT2D eigenvalue weighted by atomic mass is 10.4. The molecule has 1 unspecified atom stereocenters. The number of ether oxygens (including phenoxy) is 1. The van der Waals surface area contributed by atoms with E-state index in [1.165, 1.54) is 7.11 Å². The van der Waals surface area contributed by atoms with Gasteiger partial charge in [0.15, 0.2) is 0 Å². The number of methoxy groups -OCH3 is 1. The van der Waals surface area contributed by atoms with Gasteiger partial charge >= 0.3 is 0 Å². The maximum Gasteiger partial charge on any atom is 0.0627 e. The zero-order valence-electron chi connectivity index (χ0n) is 5.00. The predicted octanol–water partition coefficient (Wildman–Crippen LogP) is 0.210. The van der Waals surface area contributed by atoms with Crippen molar-refractivity contribution in [2.45, 2.75) is 13.0 Å². The van der Waals surface area contributed by atoms with Crippen LogP contribution < -0.4 is 0 Å². The second-order valence-electron chi connectivity index (χ2n) is 1.61. The standard InChI is InChI=1S/C4H10NO3/c1-4(3-8-2)5(6)7/h4,6H,3H2,1-2H3/q-1. The molecule has 0 spiro atoms. The minimum Gasteiger partial charge on any atom is -0.762 e. The molecule has 8 heavy (non-hydrogen) atoms. The van der Waals surface area contributed by atoms with Crippen molar-refractivity contribution >= 4 is 0 Å². The average Bonchev–Trinajstić information content (AvgIpc) is 1.67. The first kappa shape index (κ1) is 7.84. The Balaban J connectivity index is 3.17. The number of rotatable bonds is 3. The van der Waals surface area contributed by atoms with Crippen molar-refractivity contribution < 1.29 is 9.94 Å². The van der Waals surface area contributed by atoms with Crippen LogP contribution >= 0.6 is 0 Å². The molecule has 0 aliphatic carbocycles. The first-order valence-corrected chi connectivity index (χ1v) is 2.32. The van der Waals surface area contributed by atoms with Crippen LogP contribution in [-0.2, 0) is 4.74 Å². The first-order chi connectivity index (χ1) is 3.68. The smallest absolute Gasteiger partial charge is 0.0627 e. The van der Waals surface area contributed by atoms with Gasteiger partial charge in [-0.3, -0.25) is 5.23 Å². The van der Waals surface area contributed by atoms with Gasteiger partial charge in [-0.1, -0.05) is 0 Å². The highest BCUT2D eigenvalue weighted by molar-refractivity contribution is 4.55. The van der Waals surface area contributed by atoms with Crippen LogP contribution in [0.3, 0.4) is 0 Å². The predicted molar refractivity (Wildman–Crippen MR) is 28.3 cm³/mol. The Morgan fingerprint density at radius 2 is 2.38 bits per heavy atom. The van der Waals surface area contributed by atoms with Crippen LogP contribution in [0.2, 0.25) is 0 Å². The highest BCUT2D eigenvalue weighted by Crippen LogP contribution is 1.90. The van der Waals surface area contributed by atoms with Gasteiger partial charge < -0.3 is 15.2 Å². The van der Waals surface area contributed by atoms with E-state index in [2.05, 4.69) is 4.74 Å². The van der Waals surface area contributed by atoms with Crippen LogP contribution in [0.4, 0.5) is 0 Å². The van der Waals surface area contributed by atoms with Crippen molar-refractivity contribution in [3.05, 3.63) is 5.21 Å². The fourth-order valence-electron chi connectivity index (χ4n) is 0.305. The summed E-state index contributed by atoms with van der Waals surface area (Å²) in [5.41, 5.74) is 0. The SMILES string of the molecule is COCC(C)N([O-])O. The Morgan fingerprint density at radius 3 is 2.50 bits per heavy atom. The second kappa shape index (κ2) is 3.80. The molecule has 0 aliphatic heterocycles. The van der Waals surface area contributed by atoms with Crippen LogP contribution in [0.1, 0.15) is 6.92 Å². The summed E-state index contributed by atoms with van der Waals surface area (Å²) in [6, 6.07) is -0.472. The van der Waals surface area contributed by atoms with Crippen molar-refractivity contribution in [1.29, 1.82) is 0 Å². The zero-order valence-corrected chi connectivity index (χ0v) is 5.00. The summed E-state index contributed by atoms with van der Waals surface area (Å²) in [5.74, 6) is 0. The molecule has 0 aromatic rings. The normalized spacial score (nSPS) is 14.6. The minimum absolute atomic E-state index is 0.122. The fraction of sp³-hybridized carbons (Fsp3) is 1.00. The number of hydroxylamine groups is 2. The molecule has 0 fully saturated rings. The number of hydrogen-bond donors (Lipinski definition) is 1. The van der Waals surface area contributed by atoms with Gasteiger partial charge in [0.2, 0.25) is 0 Å². The molecule has 0 heterocycles. The highest BCUT2D eigenvalue weighted by Gasteiger charge is 1.97. The van der Waals surface area contributed by atoms with Gasteiger partial charge in [-0.05, 0) is 6.92 Å². The molecule has 0 amide bonds. The molecule has 0 aromatic carbocycles. The summed E-state index contributed by atoms with van der Waals surface area (Å²) in [7, 11) is 1.47. The Kier molecular flexibility index (Phi) is 3.72. The Morgan fingerprint density at radius 1 is 1.88 bits per heavy atom. The minimum atomic E-state index is -0.472. The number of hydrogen-bond acceptors (Lipinski definition) is 4. The van der Waals surface area contributed by atoms with E-state index in [0.29, 0.717) is 0 Å². The van der Waals surface area contributed by atoms with E-state index in [-0.39, 0.29) is 11.8 Å². The molecule has 0 saturated carbocycles. The van der Waals surface area contributed by atoms with Gasteiger partial charge in [0.1, 0.15) is 0 Å². The highest BCUT2D eigenvalue weighted by atomic mass is 16.8. The van der Waals surface area contributed by atoms with Gasteiger partial charge in [-0.25, -0.2) is 0 Å². The third kappa shape index (κ3) is 2.92. The molecule has 4 heteroatoms. The molecule has 50 valence electrons. The van der Waals surface area contributed by atoms with Crippen LogP contribution in [0.5, 0.6) is 0 Å². The molecule has 0 aliphatic rings. The molecule has 1 atom stereocenters. The summed E-state index contributed by atoms with van der Waals surface area (Å²) in [4.78, 5) is 0. The van der Waals surface area contributed by atoms with Crippen LogP contribution in [0.15, 0.2) is 0 Å². The molecular weight excluding hydrogens is 110 g/mol. The van der Waals surface area contributed by atoms with Gasteiger partial charge in [-0.2, -0.15) is 0 Å². The van der Waals surface area contributed by atoms with Crippen molar-refractivity contribution in [3.8, 4) is 0 Å². The monoisotopic (exact) mass is 120 g/mol. The molecule has 0 aromatic heterocycles. The maximum atomic E-state index is 9.93. The third-order valence-electron chi connectivity index (χ3n) is 0.785.